The fourth-order valence-electron chi connectivity index (χ4n) is 2.29. The maximum atomic E-state index is 12.3. The van der Waals surface area contributed by atoms with E-state index in [1.54, 1.807) is 31.3 Å². The van der Waals surface area contributed by atoms with Crippen LogP contribution in [0.5, 0.6) is 0 Å². The van der Waals surface area contributed by atoms with Gasteiger partial charge in [-0.05, 0) is 30.4 Å². The van der Waals surface area contributed by atoms with Crippen LogP contribution in [0.2, 0.25) is 0 Å². The fourth-order valence-corrected chi connectivity index (χ4v) is 3.67. The molecule has 0 saturated heterocycles. The van der Waals surface area contributed by atoms with Gasteiger partial charge in [0.15, 0.2) is 0 Å². The highest BCUT2D eigenvalue weighted by molar-refractivity contribution is 7.88. The van der Waals surface area contributed by atoms with E-state index in [0.29, 0.717) is 18.0 Å². The summed E-state index contributed by atoms with van der Waals surface area (Å²) in [5, 5.41) is 0. The summed E-state index contributed by atoms with van der Waals surface area (Å²) in [4.78, 5) is 0.284. The largest absolute Gasteiger partial charge is 0.389 e. The van der Waals surface area contributed by atoms with Gasteiger partial charge in [-0.25, -0.2) is 12.7 Å². The number of nitrogens with zero attached hydrogens (tertiary/aromatic N) is 1. The molecule has 0 aromatic heterocycles. The lowest BCUT2D eigenvalue weighted by atomic mass is 9.86. The molecule has 0 radical (unpaired) electrons. The Morgan fingerprint density at radius 2 is 2.15 bits per heavy atom. The monoisotopic (exact) mass is 312 g/mol. The molecule has 1 aliphatic rings. The number of thiocarbonyl (C=S) groups is 1. The van der Waals surface area contributed by atoms with Crippen molar-refractivity contribution >= 4 is 27.2 Å². The minimum Gasteiger partial charge on any atom is -0.389 e. The van der Waals surface area contributed by atoms with Gasteiger partial charge in [-0.3, -0.25) is 0 Å². The molecule has 0 unspecified atom stereocenters. The molecule has 0 amide bonds. The topological polar surface area (TPSA) is 63.4 Å². The van der Waals surface area contributed by atoms with Crippen LogP contribution in [0.3, 0.4) is 0 Å². The summed E-state index contributed by atoms with van der Waals surface area (Å²) < 4.78 is 26.1. The summed E-state index contributed by atoms with van der Waals surface area (Å²) in [7, 11) is -1.62. The van der Waals surface area contributed by atoms with Crippen LogP contribution >= 0.6 is 12.2 Å². The third-order valence-corrected chi connectivity index (χ3v) is 5.81. The van der Waals surface area contributed by atoms with E-state index in [1.165, 1.54) is 10.7 Å². The van der Waals surface area contributed by atoms with Gasteiger partial charge in [0.25, 0.3) is 0 Å². The van der Waals surface area contributed by atoms with Crippen molar-refractivity contribution in [1.82, 2.24) is 4.31 Å². The highest BCUT2D eigenvalue weighted by atomic mass is 32.2. The summed E-state index contributed by atoms with van der Waals surface area (Å²) in [5.74, 6) is 0.518. The molecule has 1 fully saturated rings. The van der Waals surface area contributed by atoms with Crippen LogP contribution in [-0.4, -0.2) is 31.3 Å². The molecule has 2 rings (SSSR count). The molecule has 4 nitrogen and oxygen atoms in total. The van der Waals surface area contributed by atoms with Gasteiger partial charge in [0.05, 0.1) is 5.75 Å². The number of sulfonamides is 1. The first-order valence-corrected chi connectivity index (χ1v) is 8.73. The van der Waals surface area contributed by atoms with E-state index >= 15 is 0 Å². The van der Waals surface area contributed by atoms with E-state index < -0.39 is 10.0 Å². The van der Waals surface area contributed by atoms with Crippen LogP contribution in [0.25, 0.3) is 0 Å². The Morgan fingerprint density at radius 3 is 2.70 bits per heavy atom. The maximum absolute atomic E-state index is 12.3. The number of benzene rings is 1. The van der Waals surface area contributed by atoms with Crippen molar-refractivity contribution in [2.45, 2.75) is 25.0 Å². The Morgan fingerprint density at radius 1 is 1.45 bits per heavy atom. The van der Waals surface area contributed by atoms with Crippen molar-refractivity contribution in [1.29, 1.82) is 0 Å². The third kappa shape index (κ3) is 3.77. The van der Waals surface area contributed by atoms with Crippen molar-refractivity contribution in [3.8, 4) is 0 Å². The van der Waals surface area contributed by atoms with Gasteiger partial charge in [-0.2, -0.15) is 0 Å². The Bertz CT molecular complexity index is 595. The van der Waals surface area contributed by atoms with E-state index in [0.717, 1.165) is 18.4 Å². The van der Waals surface area contributed by atoms with Crippen molar-refractivity contribution in [3.05, 3.63) is 35.4 Å². The lowest BCUT2D eigenvalue weighted by molar-refractivity contribution is 0.263. The summed E-state index contributed by atoms with van der Waals surface area (Å²) in [6.07, 6.45) is 3.49. The second-order valence-electron chi connectivity index (χ2n) is 5.40. The van der Waals surface area contributed by atoms with Gasteiger partial charge in [0, 0.05) is 19.2 Å². The first-order chi connectivity index (χ1) is 9.38. The highest BCUT2D eigenvalue weighted by Gasteiger charge is 2.25. The molecule has 2 N–H and O–H groups in total. The lowest BCUT2D eigenvalue weighted by Gasteiger charge is -2.29. The van der Waals surface area contributed by atoms with Crippen molar-refractivity contribution < 1.29 is 8.42 Å². The summed E-state index contributed by atoms with van der Waals surface area (Å²) in [6, 6.07) is 7.11. The molecule has 1 saturated carbocycles. The van der Waals surface area contributed by atoms with Crippen LogP contribution in [0.15, 0.2) is 24.3 Å². The number of hydrogen-bond donors (Lipinski definition) is 1. The van der Waals surface area contributed by atoms with Gasteiger partial charge in [0.1, 0.15) is 4.99 Å². The molecule has 0 bridgehead atoms. The first kappa shape index (κ1) is 15.4. The standard InChI is InChI=1S/C14H20N2O2S2/c1-16(9-11-4-2-5-11)20(17,18)10-12-6-3-7-13(8-12)14(15)19/h3,6-8,11H,2,4-5,9-10H2,1H3,(H2,15,19). The second kappa shape index (κ2) is 6.20. The van der Waals surface area contributed by atoms with Gasteiger partial charge in [-0.1, -0.05) is 36.8 Å². The van der Waals surface area contributed by atoms with Crippen LogP contribution in [0.1, 0.15) is 30.4 Å². The first-order valence-electron chi connectivity index (χ1n) is 6.71. The van der Waals surface area contributed by atoms with Crippen molar-refractivity contribution in [3.63, 3.8) is 0 Å². The fraction of sp³-hybridized carbons (Fsp3) is 0.500. The van der Waals surface area contributed by atoms with E-state index in [4.69, 9.17) is 18.0 Å². The molecule has 0 spiro atoms. The van der Waals surface area contributed by atoms with Crippen LogP contribution < -0.4 is 5.73 Å². The van der Waals surface area contributed by atoms with E-state index in [9.17, 15) is 8.42 Å². The number of hydrogen-bond acceptors (Lipinski definition) is 3. The molecule has 1 aromatic carbocycles. The summed E-state index contributed by atoms with van der Waals surface area (Å²) in [5.41, 5.74) is 6.99. The van der Waals surface area contributed by atoms with Crippen molar-refractivity contribution in [2.75, 3.05) is 13.6 Å². The summed E-state index contributed by atoms with van der Waals surface area (Å²) in [6.45, 7) is 0.622. The molecule has 0 heterocycles. The van der Waals surface area contributed by atoms with Crippen molar-refractivity contribution in [2.24, 2.45) is 11.7 Å². The number of rotatable bonds is 6. The predicted octanol–water partition coefficient (Wildman–Crippen LogP) is 1.88. The normalized spacial score (nSPS) is 16.1. The zero-order valence-corrected chi connectivity index (χ0v) is 13.2. The zero-order chi connectivity index (χ0) is 14.8. The van der Waals surface area contributed by atoms with Crippen LogP contribution in [-0.2, 0) is 15.8 Å². The molecular formula is C14H20N2O2S2. The van der Waals surface area contributed by atoms with Crippen LogP contribution in [0, 0.1) is 5.92 Å². The van der Waals surface area contributed by atoms with E-state index in [1.807, 2.05) is 0 Å². The van der Waals surface area contributed by atoms with Gasteiger partial charge < -0.3 is 5.73 Å². The smallest absolute Gasteiger partial charge is 0.218 e. The number of nitrogens with two attached hydrogens (primary N) is 1. The molecule has 0 aliphatic heterocycles. The molecule has 110 valence electrons. The Hall–Kier alpha value is -0.980. The van der Waals surface area contributed by atoms with E-state index in [2.05, 4.69) is 0 Å². The minimum atomic E-state index is -3.28. The molecule has 1 aliphatic carbocycles. The van der Waals surface area contributed by atoms with Crippen LogP contribution in [0.4, 0.5) is 0 Å². The zero-order valence-electron chi connectivity index (χ0n) is 11.6. The maximum Gasteiger partial charge on any atom is 0.218 e. The Kier molecular flexibility index (Phi) is 4.78. The lowest BCUT2D eigenvalue weighted by Crippen LogP contribution is -2.35. The van der Waals surface area contributed by atoms with E-state index in [-0.39, 0.29) is 10.7 Å². The molecule has 0 atom stereocenters. The van der Waals surface area contributed by atoms with Gasteiger partial charge >= 0.3 is 0 Å². The predicted molar refractivity (Wildman–Crippen MR) is 84.9 cm³/mol. The molecular weight excluding hydrogens is 292 g/mol. The summed E-state index contributed by atoms with van der Waals surface area (Å²) >= 11 is 4.91. The second-order valence-corrected chi connectivity index (χ2v) is 7.91. The minimum absolute atomic E-state index is 0.00727. The average molecular weight is 312 g/mol. The Labute approximate surface area is 126 Å². The Balaban J connectivity index is 2.06. The van der Waals surface area contributed by atoms with Gasteiger partial charge in [-0.15, -0.1) is 0 Å². The quantitative estimate of drug-likeness (QED) is 0.815. The van der Waals surface area contributed by atoms with Gasteiger partial charge in [0.2, 0.25) is 10.0 Å². The molecule has 1 aromatic rings. The highest BCUT2D eigenvalue weighted by Crippen LogP contribution is 2.27. The molecule has 20 heavy (non-hydrogen) atoms. The third-order valence-electron chi connectivity index (χ3n) is 3.78. The SMILES string of the molecule is CN(CC1CCC1)S(=O)(=O)Cc1cccc(C(N)=S)c1. The molecule has 6 heteroatoms. The average Bonchev–Trinajstić information content (AvgIpc) is 2.33.